The van der Waals surface area contributed by atoms with Gasteiger partial charge in [-0.1, -0.05) is 65.2 Å². The van der Waals surface area contributed by atoms with E-state index in [1.54, 1.807) is 0 Å². The summed E-state index contributed by atoms with van der Waals surface area (Å²) in [6.45, 7) is 4.24. The van der Waals surface area contributed by atoms with Crippen molar-refractivity contribution in [2.75, 3.05) is 0 Å². The smallest absolute Gasteiger partial charge is 0.0715 e. The zero-order valence-corrected chi connectivity index (χ0v) is 15.0. The van der Waals surface area contributed by atoms with Crippen LogP contribution in [0.4, 0.5) is 0 Å². The fourth-order valence-electron chi connectivity index (χ4n) is 3.16. The van der Waals surface area contributed by atoms with Gasteiger partial charge in [0.2, 0.25) is 0 Å². The molecule has 0 N–H and O–H groups in total. The van der Waals surface area contributed by atoms with Crippen LogP contribution in [0, 0.1) is 13.8 Å². The minimum atomic E-state index is 0.735. The van der Waals surface area contributed by atoms with Gasteiger partial charge in [0, 0.05) is 16.0 Å². The highest BCUT2D eigenvalue weighted by molar-refractivity contribution is 6.30. The molecule has 0 saturated heterocycles. The van der Waals surface area contributed by atoms with Gasteiger partial charge in [-0.05, 0) is 55.3 Å². The van der Waals surface area contributed by atoms with Gasteiger partial charge in [0.25, 0.3) is 0 Å². The molecule has 0 amide bonds. The van der Waals surface area contributed by atoms with Crippen molar-refractivity contribution in [1.29, 1.82) is 0 Å². The first-order valence-corrected chi connectivity index (χ1v) is 8.72. The molecule has 0 aliphatic carbocycles. The molecule has 0 fully saturated rings. The second-order valence-corrected chi connectivity index (χ2v) is 6.89. The predicted octanol–water partition coefficient (Wildman–Crippen LogP) is 6.84. The van der Waals surface area contributed by atoms with Crippen molar-refractivity contribution in [2.45, 2.75) is 13.8 Å². The number of hydrogen-bond acceptors (Lipinski definition) is 1. The molecular formula is C23H18ClN. The Balaban J connectivity index is 2.01. The van der Waals surface area contributed by atoms with Gasteiger partial charge in [0.05, 0.1) is 11.2 Å². The number of pyridine rings is 1. The third-order valence-corrected chi connectivity index (χ3v) is 4.69. The fourth-order valence-corrected chi connectivity index (χ4v) is 3.29. The quantitative estimate of drug-likeness (QED) is 0.388. The summed E-state index contributed by atoms with van der Waals surface area (Å²) in [6.07, 6.45) is 0. The molecule has 3 aromatic carbocycles. The Morgan fingerprint density at radius 1 is 0.720 bits per heavy atom. The van der Waals surface area contributed by atoms with Crippen LogP contribution < -0.4 is 0 Å². The molecule has 2 heteroatoms. The van der Waals surface area contributed by atoms with Gasteiger partial charge in [-0.3, -0.25) is 0 Å². The topological polar surface area (TPSA) is 12.9 Å². The van der Waals surface area contributed by atoms with E-state index in [0.717, 1.165) is 21.8 Å². The van der Waals surface area contributed by atoms with Gasteiger partial charge < -0.3 is 0 Å². The molecule has 1 aromatic heterocycles. The molecule has 0 aliphatic rings. The zero-order chi connectivity index (χ0) is 17.4. The lowest BCUT2D eigenvalue weighted by molar-refractivity contribution is 1.38. The Bertz CT molecular complexity index is 1070. The third kappa shape index (κ3) is 3.16. The summed E-state index contributed by atoms with van der Waals surface area (Å²) in [7, 11) is 0. The first-order valence-electron chi connectivity index (χ1n) is 8.34. The van der Waals surface area contributed by atoms with Crippen molar-refractivity contribution in [3.63, 3.8) is 0 Å². The average molecular weight is 344 g/mol. The van der Waals surface area contributed by atoms with Gasteiger partial charge in [-0.2, -0.15) is 0 Å². The number of rotatable bonds is 2. The van der Waals surface area contributed by atoms with Crippen LogP contribution in [0.25, 0.3) is 33.3 Å². The summed E-state index contributed by atoms with van der Waals surface area (Å²) in [5, 5.41) is 1.92. The number of hydrogen-bond donors (Lipinski definition) is 0. The Morgan fingerprint density at radius 3 is 2.24 bits per heavy atom. The van der Waals surface area contributed by atoms with Gasteiger partial charge in [-0.15, -0.1) is 0 Å². The summed E-state index contributed by atoms with van der Waals surface area (Å²) in [5.41, 5.74) is 7.96. The zero-order valence-electron chi connectivity index (χ0n) is 14.3. The van der Waals surface area contributed by atoms with Crippen LogP contribution in [-0.2, 0) is 0 Å². The summed E-state index contributed by atoms with van der Waals surface area (Å²) in [6, 6.07) is 25.1. The summed E-state index contributed by atoms with van der Waals surface area (Å²) < 4.78 is 0. The Hall–Kier alpha value is -2.64. The van der Waals surface area contributed by atoms with E-state index in [2.05, 4.69) is 62.4 Å². The number of aromatic nitrogens is 1. The molecule has 0 unspecified atom stereocenters. The van der Waals surface area contributed by atoms with E-state index in [0.29, 0.717) is 0 Å². The van der Waals surface area contributed by atoms with Crippen LogP contribution in [-0.4, -0.2) is 4.98 Å². The SMILES string of the molecule is Cc1cccc(-c2cc(-c3ccc(Cl)cc3)nc3ccc(C)cc23)c1. The summed E-state index contributed by atoms with van der Waals surface area (Å²) in [5.74, 6) is 0. The monoisotopic (exact) mass is 343 g/mol. The number of aryl methyl sites for hydroxylation is 2. The maximum Gasteiger partial charge on any atom is 0.0715 e. The van der Waals surface area contributed by atoms with Crippen molar-refractivity contribution >= 4 is 22.5 Å². The van der Waals surface area contributed by atoms with Gasteiger partial charge >= 0.3 is 0 Å². The highest BCUT2D eigenvalue weighted by atomic mass is 35.5. The van der Waals surface area contributed by atoms with Gasteiger partial charge in [-0.25, -0.2) is 4.98 Å². The van der Waals surface area contributed by atoms with E-state index < -0.39 is 0 Å². The van der Waals surface area contributed by atoms with Crippen LogP contribution in [0.15, 0.2) is 72.8 Å². The minimum absolute atomic E-state index is 0.735. The maximum absolute atomic E-state index is 6.04. The second kappa shape index (κ2) is 6.34. The van der Waals surface area contributed by atoms with E-state index in [1.807, 2.05) is 24.3 Å². The van der Waals surface area contributed by atoms with Crippen LogP contribution in [0.3, 0.4) is 0 Å². The molecule has 0 atom stereocenters. The molecule has 0 saturated carbocycles. The van der Waals surface area contributed by atoms with Crippen molar-refractivity contribution in [3.05, 3.63) is 88.9 Å². The molecule has 122 valence electrons. The highest BCUT2D eigenvalue weighted by Gasteiger charge is 2.10. The van der Waals surface area contributed by atoms with Crippen LogP contribution in [0.2, 0.25) is 5.02 Å². The largest absolute Gasteiger partial charge is 0.248 e. The third-order valence-electron chi connectivity index (χ3n) is 4.43. The number of benzene rings is 3. The minimum Gasteiger partial charge on any atom is -0.248 e. The molecule has 0 aliphatic heterocycles. The number of nitrogens with zero attached hydrogens (tertiary/aromatic N) is 1. The Labute approximate surface area is 152 Å². The predicted molar refractivity (Wildman–Crippen MR) is 107 cm³/mol. The highest BCUT2D eigenvalue weighted by Crippen LogP contribution is 2.33. The molecule has 1 heterocycles. The van der Waals surface area contributed by atoms with E-state index in [-0.39, 0.29) is 0 Å². The Kier molecular flexibility index (Phi) is 4.03. The van der Waals surface area contributed by atoms with Crippen LogP contribution >= 0.6 is 11.6 Å². The molecular weight excluding hydrogens is 326 g/mol. The van der Waals surface area contributed by atoms with Crippen LogP contribution in [0.5, 0.6) is 0 Å². The first-order chi connectivity index (χ1) is 12.1. The van der Waals surface area contributed by atoms with Gasteiger partial charge in [0.1, 0.15) is 0 Å². The molecule has 1 nitrogen and oxygen atoms in total. The summed E-state index contributed by atoms with van der Waals surface area (Å²) in [4.78, 5) is 4.88. The average Bonchev–Trinajstić information content (AvgIpc) is 2.61. The standard InChI is InChI=1S/C23H18ClN/c1-15-4-3-5-18(12-15)20-14-23(17-7-9-19(24)10-8-17)25-22-11-6-16(2)13-21(20)22/h3-14H,1-2H3. The van der Waals surface area contributed by atoms with Gasteiger partial charge in [0.15, 0.2) is 0 Å². The van der Waals surface area contributed by atoms with E-state index in [4.69, 9.17) is 16.6 Å². The summed E-state index contributed by atoms with van der Waals surface area (Å²) >= 11 is 6.04. The van der Waals surface area contributed by atoms with Crippen molar-refractivity contribution in [3.8, 4) is 22.4 Å². The lowest BCUT2D eigenvalue weighted by Crippen LogP contribution is -1.91. The fraction of sp³-hybridized carbons (Fsp3) is 0.0870. The lowest BCUT2D eigenvalue weighted by atomic mass is 9.96. The Morgan fingerprint density at radius 2 is 1.48 bits per heavy atom. The van der Waals surface area contributed by atoms with E-state index in [1.165, 1.54) is 27.6 Å². The number of halogens is 1. The normalized spacial score (nSPS) is 11.0. The second-order valence-electron chi connectivity index (χ2n) is 6.45. The molecule has 25 heavy (non-hydrogen) atoms. The molecule has 0 radical (unpaired) electrons. The molecule has 0 spiro atoms. The van der Waals surface area contributed by atoms with E-state index in [9.17, 15) is 0 Å². The van der Waals surface area contributed by atoms with Crippen molar-refractivity contribution < 1.29 is 0 Å². The van der Waals surface area contributed by atoms with Crippen LogP contribution in [0.1, 0.15) is 11.1 Å². The first kappa shape index (κ1) is 15.9. The molecule has 4 rings (SSSR count). The van der Waals surface area contributed by atoms with Crippen molar-refractivity contribution in [1.82, 2.24) is 4.98 Å². The maximum atomic E-state index is 6.04. The molecule has 4 aromatic rings. The van der Waals surface area contributed by atoms with Crippen molar-refractivity contribution in [2.24, 2.45) is 0 Å². The number of fused-ring (bicyclic) bond motifs is 1. The lowest BCUT2D eigenvalue weighted by Gasteiger charge is -2.12. The van der Waals surface area contributed by atoms with E-state index >= 15 is 0 Å². The molecule has 0 bridgehead atoms.